The zero-order valence-corrected chi connectivity index (χ0v) is 14.0. The summed E-state index contributed by atoms with van der Waals surface area (Å²) in [5, 5.41) is 9.17. The molecular formula is C18H19F2N3O2. The normalized spacial score (nSPS) is 17.7. The van der Waals surface area contributed by atoms with Gasteiger partial charge in [0.15, 0.2) is 17.4 Å². The van der Waals surface area contributed by atoms with E-state index in [1.807, 2.05) is 32.0 Å². The number of hydrogen-bond donors (Lipinski definition) is 1. The van der Waals surface area contributed by atoms with E-state index in [-0.39, 0.29) is 11.6 Å². The molecule has 3 rings (SSSR count). The molecule has 0 spiro atoms. The van der Waals surface area contributed by atoms with E-state index in [4.69, 9.17) is 5.11 Å². The number of aromatic hydroxyl groups is 1. The van der Waals surface area contributed by atoms with Crippen molar-refractivity contribution in [3.63, 3.8) is 0 Å². The molecule has 1 aliphatic heterocycles. The molecule has 25 heavy (non-hydrogen) atoms. The predicted molar refractivity (Wildman–Crippen MR) is 89.7 cm³/mol. The number of phenols is 1. The smallest absolute Gasteiger partial charge is 0.254 e. The number of aromatic nitrogens is 1. The minimum absolute atomic E-state index is 0.109. The molecule has 2 aromatic rings. The summed E-state index contributed by atoms with van der Waals surface area (Å²) in [4.78, 5) is 20.8. The summed E-state index contributed by atoms with van der Waals surface area (Å²) in [5.41, 5.74) is 0.806. The van der Waals surface area contributed by atoms with E-state index in [0.29, 0.717) is 19.6 Å². The first-order chi connectivity index (χ1) is 11.9. The van der Waals surface area contributed by atoms with Crippen molar-refractivity contribution in [2.45, 2.75) is 19.9 Å². The Morgan fingerprint density at radius 1 is 1.24 bits per heavy atom. The summed E-state index contributed by atoms with van der Waals surface area (Å²) >= 11 is 0. The number of carbonyl (C=O) groups excluding carboxylic acids is 1. The van der Waals surface area contributed by atoms with E-state index in [9.17, 15) is 13.6 Å². The summed E-state index contributed by atoms with van der Waals surface area (Å²) in [7, 11) is 0. The van der Waals surface area contributed by atoms with Crippen LogP contribution in [0.3, 0.4) is 0 Å². The van der Waals surface area contributed by atoms with Gasteiger partial charge in [-0.1, -0.05) is 6.07 Å². The van der Waals surface area contributed by atoms with Crippen molar-refractivity contribution in [2.75, 3.05) is 24.5 Å². The number of anilines is 1. The number of amides is 1. The standard InChI is InChI=1S/C18H19F2N3O2/c1-11-4-3-5-16(21-11)22-6-7-23(12(2)10-22)18(25)13-8-14(19)17(24)15(20)9-13/h3-5,8-9,12,24H,6-7,10H2,1-2H3/t12-/m1/s1. The average molecular weight is 347 g/mol. The van der Waals surface area contributed by atoms with E-state index in [1.165, 1.54) is 0 Å². The zero-order valence-electron chi connectivity index (χ0n) is 14.0. The third-order valence-electron chi connectivity index (χ3n) is 4.35. The van der Waals surface area contributed by atoms with Crippen molar-refractivity contribution in [2.24, 2.45) is 0 Å². The maximum absolute atomic E-state index is 13.5. The van der Waals surface area contributed by atoms with Gasteiger partial charge in [-0.25, -0.2) is 13.8 Å². The van der Waals surface area contributed by atoms with E-state index in [2.05, 4.69) is 9.88 Å². The van der Waals surface area contributed by atoms with Gasteiger partial charge in [-0.15, -0.1) is 0 Å². The van der Waals surface area contributed by atoms with E-state index >= 15 is 0 Å². The van der Waals surface area contributed by atoms with Gasteiger partial charge in [0, 0.05) is 36.9 Å². The molecule has 1 aromatic carbocycles. The van der Waals surface area contributed by atoms with Crippen LogP contribution in [-0.2, 0) is 0 Å². The summed E-state index contributed by atoms with van der Waals surface area (Å²) in [6.07, 6.45) is 0. The van der Waals surface area contributed by atoms with Crippen molar-refractivity contribution in [1.29, 1.82) is 0 Å². The molecule has 0 bridgehead atoms. The Morgan fingerprint density at radius 3 is 2.52 bits per heavy atom. The van der Waals surface area contributed by atoms with Gasteiger partial charge in [0.1, 0.15) is 5.82 Å². The van der Waals surface area contributed by atoms with Crippen LogP contribution in [-0.4, -0.2) is 46.6 Å². The SMILES string of the molecule is Cc1cccc(N2CCN(C(=O)c3cc(F)c(O)c(F)c3)[C@H](C)C2)n1. The average Bonchev–Trinajstić information content (AvgIpc) is 2.58. The predicted octanol–water partition coefficient (Wildman–Crippen LogP) is 2.72. The van der Waals surface area contributed by atoms with Crippen LogP contribution >= 0.6 is 0 Å². The molecule has 132 valence electrons. The molecule has 1 amide bonds. The second kappa shape index (κ2) is 6.66. The van der Waals surface area contributed by atoms with Crippen LogP contribution in [0.5, 0.6) is 5.75 Å². The Balaban J connectivity index is 1.76. The molecular weight excluding hydrogens is 328 g/mol. The highest BCUT2D eigenvalue weighted by Gasteiger charge is 2.29. The van der Waals surface area contributed by atoms with Crippen molar-refractivity contribution >= 4 is 11.7 Å². The van der Waals surface area contributed by atoms with Gasteiger partial charge >= 0.3 is 0 Å². The second-order valence-corrected chi connectivity index (χ2v) is 6.22. The minimum atomic E-state index is -1.14. The minimum Gasteiger partial charge on any atom is -0.503 e. The molecule has 0 radical (unpaired) electrons. The fourth-order valence-corrected chi connectivity index (χ4v) is 3.03. The molecule has 1 N–H and O–H groups in total. The highest BCUT2D eigenvalue weighted by Crippen LogP contribution is 2.24. The van der Waals surface area contributed by atoms with Crippen LogP contribution in [0.4, 0.5) is 14.6 Å². The highest BCUT2D eigenvalue weighted by molar-refractivity contribution is 5.94. The molecule has 1 saturated heterocycles. The molecule has 5 nitrogen and oxygen atoms in total. The molecule has 1 aromatic heterocycles. The largest absolute Gasteiger partial charge is 0.503 e. The van der Waals surface area contributed by atoms with Gasteiger partial charge in [-0.3, -0.25) is 4.79 Å². The first kappa shape index (κ1) is 17.1. The Bertz CT molecular complexity index is 790. The molecule has 0 unspecified atom stereocenters. The Hall–Kier alpha value is -2.70. The molecule has 0 saturated carbocycles. The van der Waals surface area contributed by atoms with Crippen LogP contribution in [0.1, 0.15) is 23.0 Å². The number of halogens is 2. The van der Waals surface area contributed by atoms with Crippen molar-refractivity contribution in [3.05, 3.63) is 53.2 Å². The maximum Gasteiger partial charge on any atom is 0.254 e. The Morgan fingerprint density at radius 2 is 1.92 bits per heavy atom. The van der Waals surface area contributed by atoms with Gasteiger partial charge in [0.25, 0.3) is 5.91 Å². The van der Waals surface area contributed by atoms with Gasteiger partial charge < -0.3 is 14.9 Å². The van der Waals surface area contributed by atoms with Gasteiger partial charge in [-0.2, -0.15) is 0 Å². The molecule has 1 fully saturated rings. The van der Waals surface area contributed by atoms with Gasteiger partial charge in [-0.05, 0) is 38.1 Å². The van der Waals surface area contributed by atoms with Crippen LogP contribution in [0, 0.1) is 18.6 Å². The second-order valence-electron chi connectivity index (χ2n) is 6.22. The molecule has 7 heteroatoms. The lowest BCUT2D eigenvalue weighted by Gasteiger charge is -2.40. The van der Waals surface area contributed by atoms with Gasteiger partial charge in [0.2, 0.25) is 0 Å². The third kappa shape index (κ3) is 3.40. The van der Waals surface area contributed by atoms with Crippen LogP contribution in [0.2, 0.25) is 0 Å². The number of aryl methyl sites for hydroxylation is 1. The lowest BCUT2D eigenvalue weighted by Crippen LogP contribution is -2.54. The fourth-order valence-electron chi connectivity index (χ4n) is 3.03. The lowest BCUT2D eigenvalue weighted by molar-refractivity contribution is 0.0672. The zero-order chi connectivity index (χ0) is 18.1. The third-order valence-corrected chi connectivity index (χ3v) is 4.35. The summed E-state index contributed by atoms with van der Waals surface area (Å²) in [6, 6.07) is 7.34. The number of benzene rings is 1. The number of rotatable bonds is 2. The first-order valence-corrected chi connectivity index (χ1v) is 8.04. The van der Waals surface area contributed by atoms with E-state index in [1.54, 1.807) is 4.90 Å². The molecule has 0 aliphatic carbocycles. The number of phenolic OH excluding ortho intramolecular Hbond substituents is 1. The maximum atomic E-state index is 13.5. The number of pyridine rings is 1. The van der Waals surface area contributed by atoms with E-state index in [0.717, 1.165) is 23.6 Å². The highest BCUT2D eigenvalue weighted by atomic mass is 19.1. The topological polar surface area (TPSA) is 56.7 Å². The number of hydrogen-bond acceptors (Lipinski definition) is 4. The fraction of sp³-hybridized carbons (Fsp3) is 0.333. The monoisotopic (exact) mass is 347 g/mol. The van der Waals surface area contributed by atoms with Crippen molar-refractivity contribution < 1.29 is 18.7 Å². The van der Waals surface area contributed by atoms with E-state index < -0.39 is 23.3 Å². The summed E-state index contributed by atoms with van der Waals surface area (Å²) in [5.74, 6) is -2.96. The number of carbonyl (C=O) groups is 1. The molecule has 1 aliphatic rings. The van der Waals surface area contributed by atoms with Crippen LogP contribution < -0.4 is 4.90 Å². The Labute approximate surface area is 144 Å². The Kier molecular flexibility index (Phi) is 4.57. The van der Waals surface area contributed by atoms with Crippen molar-refractivity contribution in [1.82, 2.24) is 9.88 Å². The summed E-state index contributed by atoms with van der Waals surface area (Å²) in [6.45, 7) is 5.37. The van der Waals surface area contributed by atoms with Crippen molar-refractivity contribution in [3.8, 4) is 5.75 Å². The number of piperazine rings is 1. The lowest BCUT2D eigenvalue weighted by atomic mass is 10.1. The van der Waals surface area contributed by atoms with Crippen LogP contribution in [0.15, 0.2) is 30.3 Å². The number of nitrogens with zero attached hydrogens (tertiary/aromatic N) is 3. The van der Waals surface area contributed by atoms with Crippen LogP contribution in [0.25, 0.3) is 0 Å². The molecule has 1 atom stereocenters. The first-order valence-electron chi connectivity index (χ1n) is 8.04. The summed E-state index contributed by atoms with van der Waals surface area (Å²) < 4.78 is 27.0. The molecule has 2 heterocycles. The van der Waals surface area contributed by atoms with Gasteiger partial charge in [0.05, 0.1) is 0 Å². The quantitative estimate of drug-likeness (QED) is 0.908.